The summed E-state index contributed by atoms with van der Waals surface area (Å²) in [4.78, 5) is 24.5. The molecule has 0 N–H and O–H groups in total. The van der Waals surface area contributed by atoms with Gasteiger partial charge in [-0.3, -0.25) is 0 Å². The molecule has 0 heterocycles. The van der Waals surface area contributed by atoms with Crippen molar-refractivity contribution in [3.63, 3.8) is 0 Å². The maximum Gasteiger partial charge on any atom is 0.344 e. The standard InChI is InChI=1S/C25H38O4/c1-7-24(3,4)18(2)19-13-15-20(16-14-19)23(27)28-17-22(26)29-25(5,6)21-11-9-8-10-12-21/h13-16,18,21H,7-12,17H2,1-6H3. The number of carbonyl (C=O) groups excluding carboxylic acids is 2. The van der Waals surface area contributed by atoms with Crippen LogP contribution in [0.15, 0.2) is 24.3 Å². The van der Waals surface area contributed by atoms with Gasteiger partial charge in [0.2, 0.25) is 0 Å². The summed E-state index contributed by atoms with van der Waals surface area (Å²) in [6.07, 6.45) is 6.87. The summed E-state index contributed by atoms with van der Waals surface area (Å²) in [5, 5.41) is 0. The lowest BCUT2D eigenvalue weighted by Crippen LogP contribution is -2.39. The zero-order valence-electron chi connectivity index (χ0n) is 19.0. The van der Waals surface area contributed by atoms with Crippen LogP contribution in [-0.4, -0.2) is 24.1 Å². The van der Waals surface area contributed by atoms with Gasteiger partial charge in [-0.15, -0.1) is 0 Å². The summed E-state index contributed by atoms with van der Waals surface area (Å²) in [7, 11) is 0. The van der Waals surface area contributed by atoms with Crippen LogP contribution in [0.25, 0.3) is 0 Å². The fourth-order valence-electron chi connectivity index (χ4n) is 4.08. The fraction of sp³-hybridized carbons (Fsp3) is 0.680. The number of benzene rings is 1. The van der Waals surface area contributed by atoms with Crippen LogP contribution in [0.2, 0.25) is 0 Å². The Morgan fingerprint density at radius 1 is 1.03 bits per heavy atom. The first-order valence-corrected chi connectivity index (χ1v) is 11.1. The molecular formula is C25H38O4. The van der Waals surface area contributed by atoms with Crippen molar-refractivity contribution in [1.29, 1.82) is 0 Å². The van der Waals surface area contributed by atoms with Crippen molar-refractivity contribution in [2.24, 2.45) is 11.3 Å². The molecular weight excluding hydrogens is 364 g/mol. The smallest absolute Gasteiger partial charge is 0.344 e. The molecule has 0 radical (unpaired) electrons. The lowest BCUT2D eigenvalue weighted by Gasteiger charge is -2.36. The summed E-state index contributed by atoms with van der Waals surface area (Å²) in [6, 6.07) is 7.50. The van der Waals surface area contributed by atoms with Gasteiger partial charge in [0.25, 0.3) is 0 Å². The van der Waals surface area contributed by atoms with Crippen molar-refractivity contribution in [1.82, 2.24) is 0 Å². The molecule has 0 aromatic heterocycles. The zero-order valence-corrected chi connectivity index (χ0v) is 19.0. The lowest BCUT2D eigenvalue weighted by atomic mass is 9.74. The van der Waals surface area contributed by atoms with Crippen molar-refractivity contribution >= 4 is 11.9 Å². The minimum atomic E-state index is -0.520. The molecule has 1 unspecified atom stereocenters. The van der Waals surface area contributed by atoms with Crippen LogP contribution < -0.4 is 0 Å². The summed E-state index contributed by atoms with van der Waals surface area (Å²) in [6.45, 7) is 12.5. The molecule has 1 aliphatic rings. The maximum atomic E-state index is 12.3. The summed E-state index contributed by atoms with van der Waals surface area (Å²) in [5.74, 6) is -0.220. The molecule has 1 saturated carbocycles. The molecule has 1 aromatic rings. The van der Waals surface area contributed by atoms with Gasteiger partial charge in [0.15, 0.2) is 6.61 Å². The van der Waals surface area contributed by atoms with E-state index in [-0.39, 0.29) is 12.0 Å². The molecule has 4 heteroatoms. The third-order valence-electron chi connectivity index (χ3n) is 7.02. The zero-order chi connectivity index (χ0) is 21.7. The van der Waals surface area contributed by atoms with Crippen LogP contribution >= 0.6 is 0 Å². The molecule has 2 rings (SSSR count). The van der Waals surface area contributed by atoms with Crippen molar-refractivity contribution in [2.45, 2.75) is 91.6 Å². The normalized spacial score (nSPS) is 16.9. The summed E-state index contributed by atoms with van der Waals surface area (Å²) >= 11 is 0. The Morgan fingerprint density at radius 3 is 2.17 bits per heavy atom. The second-order valence-electron chi connectivity index (χ2n) is 9.67. The van der Waals surface area contributed by atoms with Gasteiger partial charge in [-0.2, -0.15) is 0 Å². The second-order valence-corrected chi connectivity index (χ2v) is 9.67. The van der Waals surface area contributed by atoms with Gasteiger partial charge in [-0.05, 0) is 61.6 Å². The van der Waals surface area contributed by atoms with Crippen LogP contribution in [-0.2, 0) is 14.3 Å². The van der Waals surface area contributed by atoms with Gasteiger partial charge in [-0.25, -0.2) is 9.59 Å². The Hall–Kier alpha value is -1.84. The van der Waals surface area contributed by atoms with E-state index < -0.39 is 17.5 Å². The second kappa shape index (κ2) is 9.77. The highest BCUT2D eigenvalue weighted by Gasteiger charge is 2.34. The highest BCUT2D eigenvalue weighted by Crippen LogP contribution is 2.38. The predicted molar refractivity (Wildman–Crippen MR) is 116 cm³/mol. The number of hydrogen-bond acceptors (Lipinski definition) is 4. The van der Waals surface area contributed by atoms with E-state index in [1.807, 2.05) is 26.0 Å². The van der Waals surface area contributed by atoms with Crippen LogP contribution in [0.3, 0.4) is 0 Å². The topological polar surface area (TPSA) is 52.6 Å². The number of esters is 2. The van der Waals surface area contributed by atoms with E-state index in [0.29, 0.717) is 17.4 Å². The van der Waals surface area contributed by atoms with E-state index in [2.05, 4.69) is 27.7 Å². The summed E-state index contributed by atoms with van der Waals surface area (Å²) in [5.41, 5.74) is 1.32. The first kappa shape index (κ1) is 23.4. The first-order valence-electron chi connectivity index (χ1n) is 11.1. The number of rotatable bonds is 8. The van der Waals surface area contributed by atoms with Crippen LogP contribution in [0.1, 0.15) is 102 Å². The van der Waals surface area contributed by atoms with Crippen molar-refractivity contribution < 1.29 is 19.1 Å². The lowest BCUT2D eigenvalue weighted by molar-refractivity contribution is -0.166. The van der Waals surface area contributed by atoms with E-state index in [4.69, 9.17) is 9.47 Å². The van der Waals surface area contributed by atoms with Crippen LogP contribution in [0.4, 0.5) is 0 Å². The quantitative estimate of drug-likeness (QED) is 0.480. The molecule has 1 atom stereocenters. The molecule has 0 saturated heterocycles. The summed E-state index contributed by atoms with van der Waals surface area (Å²) < 4.78 is 10.8. The van der Waals surface area contributed by atoms with Gasteiger partial charge in [0.1, 0.15) is 5.60 Å². The minimum absolute atomic E-state index is 0.191. The number of ether oxygens (including phenoxy) is 2. The van der Waals surface area contributed by atoms with E-state index >= 15 is 0 Å². The molecule has 162 valence electrons. The molecule has 29 heavy (non-hydrogen) atoms. The van der Waals surface area contributed by atoms with Crippen LogP contribution in [0.5, 0.6) is 0 Å². The van der Waals surface area contributed by atoms with Gasteiger partial charge >= 0.3 is 11.9 Å². The fourth-order valence-corrected chi connectivity index (χ4v) is 4.08. The number of hydrogen-bond donors (Lipinski definition) is 0. The van der Waals surface area contributed by atoms with Gasteiger partial charge in [-0.1, -0.05) is 65.5 Å². The molecule has 1 fully saturated rings. The average molecular weight is 403 g/mol. The van der Waals surface area contributed by atoms with Gasteiger partial charge in [0, 0.05) is 0 Å². The third kappa shape index (κ3) is 6.32. The molecule has 0 aliphatic heterocycles. The predicted octanol–water partition coefficient (Wildman–Crippen LogP) is 6.29. The van der Waals surface area contributed by atoms with Crippen molar-refractivity contribution in [2.75, 3.05) is 6.61 Å². The van der Waals surface area contributed by atoms with Crippen LogP contribution in [0, 0.1) is 11.3 Å². The monoisotopic (exact) mass is 402 g/mol. The third-order valence-corrected chi connectivity index (χ3v) is 7.02. The number of carbonyl (C=O) groups is 2. The van der Waals surface area contributed by atoms with Crippen molar-refractivity contribution in [3.8, 4) is 0 Å². The highest BCUT2D eigenvalue weighted by atomic mass is 16.6. The van der Waals surface area contributed by atoms with Gasteiger partial charge < -0.3 is 9.47 Å². The van der Waals surface area contributed by atoms with E-state index in [0.717, 1.165) is 19.3 Å². The minimum Gasteiger partial charge on any atom is -0.457 e. The maximum absolute atomic E-state index is 12.3. The Kier molecular flexibility index (Phi) is 7.90. The van der Waals surface area contributed by atoms with Gasteiger partial charge in [0.05, 0.1) is 5.56 Å². The molecule has 1 aliphatic carbocycles. The molecule has 0 amide bonds. The SMILES string of the molecule is CCC(C)(C)C(C)c1ccc(C(=O)OCC(=O)OC(C)(C)C2CCCCC2)cc1. The highest BCUT2D eigenvalue weighted by molar-refractivity contribution is 5.90. The Labute approximate surface area is 176 Å². The van der Waals surface area contributed by atoms with E-state index in [1.165, 1.54) is 24.8 Å². The average Bonchev–Trinajstić information content (AvgIpc) is 2.72. The molecule has 0 bridgehead atoms. The Bertz CT molecular complexity index is 681. The Balaban J connectivity index is 1.87. The van der Waals surface area contributed by atoms with Crippen molar-refractivity contribution in [3.05, 3.63) is 35.4 Å². The largest absolute Gasteiger partial charge is 0.457 e. The van der Waals surface area contributed by atoms with E-state index in [9.17, 15) is 9.59 Å². The molecule has 0 spiro atoms. The molecule has 4 nitrogen and oxygen atoms in total. The first-order chi connectivity index (χ1) is 13.6. The van der Waals surface area contributed by atoms with E-state index in [1.54, 1.807) is 12.1 Å². The molecule has 1 aromatic carbocycles. The Morgan fingerprint density at radius 2 is 1.62 bits per heavy atom.